The summed E-state index contributed by atoms with van der Waals surface area (Å²) in [6.45, 7) is 1.82. The molecule has 0 aliphatic heterocycles. The molecule has 0 atom stereocenters. The lowest BCUT2D eigenvalue weighted by Gasteiger charge is -1.91. The highest BCUT2D eigenvalue weighted by Gasteiger charge is 2.11. The van der Waals surface area contributed by atoms with Crippen LogP contribution in [0.3, 0.4) is 0 Å². The van der Waals surface area contributed by atoms with Gasteiger partial charge in [-0.15, -0.1) is 0 Å². The van der Waals surface area contributed by atoms with Gasteiger partial charge in [0, 0.05) is 24.6 Å². The molecule has 2 aromatic carbocycles. The lowest BCUT2D eigenvalue weighted by molar-refractivity contribution is 0.561. The molecule has 0 N–H and O–H groups in total. The van der Waals surface area contributed by atoms with E-state index in [1.54, 1.807) is 0 Å². The van der Waals surface area contributed by atoms with Crippen molar-refractivity contribution in [1.29, 1.82) is 0 Å². The first-order valence-electron chi connectivity index (χ1n) is 6.03. The average Bonchev–Trinajstić information content (AvgIpc) is 2.98. The molecule has 0 radical (unpaired) electrons. The molecular formula is C15H10N2O2. The number of oxazole rings is 2. The number of fused-ring (bicyclic) bond motifs is 2. The monoisotopic (exact) mass is 250 g/mol. The molecule has 0 aliphatic rings. The maximum absolute atomic E-state index is 5.78. The molecule has 19 heavy (non-hydrogen) atoms. The van der Waals surface area contributed by atoms with E-state index in [2.05, 4.69) is 9.97 Å². The molecule has 4 rings (SSSR count). The minimum atomic E-state index is 0.611. The minimum absolute atomic E-state index is 0.611. The number of aromatic nitrogens is 2. The summed E-state index contributed by atoms with van der Waals surface area (Å²) in [5.41, 5.74) is 3.99. The van der Waals surface area contributed by atoms with Crippen LogP contribution in [0.1, 0.15) is 5.89 Å². The Labute approximate surface area is 108 Å². The molecule has 0 spiro atoms. The van der Waals surface area contributed by atoms with Crippen LogP contribution >= 0.6 is 0 Å². The van der Waals surface area contributed by atoms with Crippen LogP contribution < -0.4 is 0 Å². The van der Waals surface area contributed by atoms with Gasteiger partial charge in [-0.05, 0) is 12.1 Å². The van der Waals surface area contributed by atoms with Crippen LogP contribution in [0.5, 0.6) is 0 Å². The number of rotatable bonds is 1. The van der Waals surface area contributed by atoms with Gasteiger partial charge in [-0.25, -0.2) is 9.97 Å². The first-order valence-corrected chi connectivity index (χ1v) is 6.03. The summed E-state index contributed by atoms with van der Waals surface area (Å²) in [4.78, 5) is 8.78. The molecule has 0 amide bonds. The van der Waals surface area contributed by atoms with Gasteiger partial charge in [-0.2, -0.15) is 0 Å². The van der Waals surface area contributed by atoms with Crippen molar-refractivity contribution in [3.8, 4) is 11.5 Å². The van der Waals surface area contributed by atoms with E-state index in [4.69, 9.17) is 8.83 Å². The second kappa shape index (κ2) is 3.68. The van der Waals surface area contributed by atoms with Crippen molar-refractivity contribution in [2.75, 3.05) is 0 Å². The zero-order chi connectivity index (χ0) is 12.8. The molecule has 0 saturated carbocycles. The maximum Gasteiger partial charge on any atom is 0.227 e. The fraction of sp³-hybridized carbons (Fsp3) is 0.0667. The highest BCUT2D eigenvalue weighted by Crippen LogP contribution is 2.27. The smallest absolute Gasteiger partial charge is 0.227 e. The quantitative estimate of drug-likeness (QED) is 0.513. The molecule has 0 unspecified atom stereocenters. The standard InChI is InChI=1S/C15H10N2O2/c1-9-16-11-7-14-12(8-13(11)18-9)17-15(19-14)10-5-3-2-4-6-10/h2-8H,1H3. The predicted molar refractivity (Wildman–Crippen MR) is 71.7 cm³/mol. The Morgan fingerprint density at radius 1 is 0.842 bits per heavy atom. The Balaban J connectivity index is 1.96. The van der Waals surface area contributed by atoms with Crippen molar-refractivity contribution >= 4 is 22.2 Å². The van der Waals surface area contributed by atoms with E-state index in [-0.39, 0.29) is 0 Å². The van der Waals surface area contributed by atoms with Crippen molar-refractivity contribution in [2.24, 2.45) is 0 Å². The molecule has 2 heterocycles. The molecule has 4 aromatic rings. The molecule has 4 heteroatoms. The zero-order valence-electron chi connectivity index (χ0n) is 10.3. The summed E-state index contributed by atoms with van der Waals surface area (Å²) < 4.78 is 11.3. The Hall–Kier alpha value is -2.62. The van der Waals surface area contributed by atoms with Gasteiger partial charge in [0.25, 0.3) is 0 Å². The topological polar surface area (TPSA) is 52.1 Å². The molecule has 0 saturated heterocycles. The second-order valence-corrected chi connectivity index (χ2v) is 4.41. The van der Waals surface area contributed by atoms with E-state index in [0.717, 1.165) is 27.8 Å². The molecule has 0 aliphatic carbocycles. The van der Waals surface area contributed by atoms with Crippen molar-refractivity contribution in [3.05, 3.63) is 48.4 Å². The van der Waals surface area contributed by atoms with Crippen molar-refractivity contribution < 1.29 is 8.83 Å². The van der Waals surface area contributed by atoms with Crippen LogP contribution in [0.15, 0.2) is 51.3 Å². The van der Waals surface area contributed by atoms with E-state index >= 15 is 0 Å². The van der Waals surface area contributed by atoms with E-state index in [1.165, 1.54) is 0 Å². The molecular weight excluding hydrogens is 240 g/mol. The van der Waals surface area contributed by atoms with Crippen molar-refractivity contribution in [2.45, 2.75) is 6.92 Å². The summed E-state index contributed by atoms with van der Waals surface area (Å²) >= 11 is 0. The van der Waals surface area contributed by atoms with Gasteiger partial charge in [0.2, 0.25) is 5.89 Å². The zero-order valence-corrected chi connectivity index (χ0v) is 10.3. The Kier molecular flexibility index (Phi) is 2.00. The fourth-order valence-corrected chi connectivity index (χ4v) is 2.17. The number of aryl methyl sites for hydroxylation is 1. The largest absolute Gasteiger partial charge is 0.441 e. The van der Waals surface area contributed by atoms with Gasteiger partial charge in [-0.3, -0.25) is 0 Å². The van der Waals surface area contributed by atoms with Crippen molar-refractivity contribution in [3.63, 3.8) is 0 Å². The summed E-state index contributed by atoms with van der Waals surface area (Å²) in [5.74, 6) is 1.26. The van der Waals surface area contributed by atoms with Gasteiger partial charge in [0.1, 0.15) is 11.0 Å². The fourth-order valence-electron chi connectivity index (χ4n) is 2.17. The van der Waals surface area contributed by atoms with Crippen LogP contribution in [0, 0.1) is 6.92 Å². The highest BCUT2D eigenvalue weighted by molar-refractivity contribution is 5.90. The number of nitrogens with zero attached hydrogens (tertiary/aromatic N) is 2. The lowest BCUT2D eigenvalue weighted by atomic mass is 10.2. The van der Waals surface area contributed by atoms with E-state index < -0.39 is 0 Å². The first-order chi connectivity index (χ1) is 9.29. The van der Waals surface area contributed by atoms with Gasteiger partial charge >= 0.3 is 0 Å². The number of hydrogen-bond donors (Lipinski definition) is 0. The van der Waals surface area contributed by atoms with E-state index in [1.807, 2.05) is 49.4 Å². The van der Waals surface area contributed by atoms with Gasteiger partial charge in [0.15, 0.2) is 17.1 Å². The lowest BCUT2D eigenvalue weighted by Crippen LogP contribution is -1.74. The Bertz CT molecular complexity index is 824. The summed E-state index contributed by atoms with van der Waals surface area (Å²) in [6.07, 6.45) is 0. The summed E-state index contributed by atoms with van der Waals surface area (Å²) in [7, 11) is 0. The van der Waals surface area contributed by atoms with Crippen LogP contribution in [-0.4, -0.2) is 9.97 Å². The molecule has 92 valence electrons. The third-order valence-electron chi connectivity index (χ3n) is 3.03. The molecule has 4 nitrogen and oxygen atoms in total. The Morgan fingerprint density at radius 2 is 1.53 bits per heavy atom. The van der Waals surface area contributed by atoms with Gasteiger partial charge in [-0.1, -0.05) is 18.2 Å². The van der Waals surface area contributed by atoms with Crippen molar-refractivity contribution in [1.82, 2.24) is 9.97 Å². The maximum atomic E-state index is 5.78. The van der Waals surface area contributed by atoms with Crippen LogP contribution in [0.2, 0.25) is 0 Å². The van der Waals surface area contributed by atoms with E-state index in [0.29, 0.717) is 11.8 Å². The Morgan fingerprint density at radius 3 is 2.32 bits per heavy atom. The van der Waals surface area contributed by atoms with Crippen LogP contribution in [0.25, 0.3) is 33.7 Å². The number of benzene rings is 2. The van der Waals surface area contributed by atoms with Crippen LogP contribution in [0.4, 0.5) is 0 Å². The highest BCUT2D eigenvalue weighted by atomic mass is 16.4. The third kappa shape index (κ3) is 1.61. The first kappa shape index (κ1) is 10.3. The van der Waals surface area contributed by atoms with E-state index in [9.17, 15) is 0 Å². The van der Waals surface area contributed by atoms with Crippen LogP contribution in [-0.2, 0) is 0 Å². The second-order valence-electron chi connectivity index (χ2n) is 4.41. The molecule has 2 aromatic heterocycles. The third-order valence-corrected chi connectivity index (χ3v) is 3.03. The van der Waals surface area contributed by atoms with Gasteiger partial charge in [0.05, 0.1) is 0 Å². The molecule has 0 bridgehead atoms. The summed E-state index contributed by atoms with van der Waals surface area (Å²) in [5, 5.41) is 0. The SMILES string of the molecule is Cc1nc2cc3oc(-c4ccccc4)nc3cc2o1. The minimum Gasteiger partial charge on any atom is -0.441 e. The van der Waals surface area contributed by atoms with Gasteiger partial charge < -0.3 is 8.83 Å². The average molecular weight is 250 g/mol. The predicted octanol–water partition coefficient (Wildman–Crippen LogP) is 3.94. The normalized spacial score (nSPS) is 11.4. The summed E-state index contributed by atoms with van der Waals surface area (Å²) in [6, 6.07) is 13.5. The molecule has 0 fully saturated rings. The number of hydrogen-bond acceptors (Lipinski definition) is 4.